The summed E-state index contributed by atoms with van der Waals surface area (Å²) < 4.78 is 0. The molecule has 0 aliphatic rings. The third kappa shape index (κ3) is 8.84. The fourth-order valence-corrected chi connectivity index (χ4v) is 0. The Hall–Kier alpha value is 2.80. The van der Waals surface area contributed by atoms with Crippen molar-refractivity contribution in [2.45, 2.75) is 0 Å². The molecule has 0 fully saturated rings. The second-order valence-electron chi connectivity index (χ2n) is 0. The average molecular weight is 523 g/mol. The minimum atomic E-state index is 0. The van der Waals surface area contributed by atoms with Gasteiger partial charge in [0, 0.05) is 20.1 Å². The van der Waals surface area contributed by atoms with Crippen molar-refractivity contribution < 1.29 is 20.1 Å². The second kappa shape index (κ2) is 17.0. The molecule has 0 aromatic heterocycles. The van der Waals surface area contributed by atoms with Gasteiger partial charge in [-0.2, -0.15) is 0 Å². The number of rotatable bonds is 0. The molecule has 4 heteroatoms. The van der Waals surface area contributed by atoms with Gasteiger partial charge >= 0.3 is 65.7 Å². The SMILES string of the molecule is [GeH4].[Ir].[SbH3].[TeH2]. The molecule has 33 valence electrons. The van der Waals surface area contributed by atoms with Crippen LogP contribution in [0.4, 0.5) is 0 Å². The molecule has 4 heavy (non-hydrogen) atoms. The summed E-state index contributed by atoms with van der Waals surface area (Å²) in [5.41, 5.74) is 0. The Balaban J connectivity index is 0. The molecule has 0 saturated carbocycles. The van der Waals surface area contributed by atoms with Gasteiger partial charge in [-0.1, -0.05) is 0 Å². The Labute approximate surface area is 84.4 Å². The summed E-state index contributed by atoms with van der Waals surface area (Å²) in [5, 5.41) is 0. The maximum atomic E-state index is 0. The molecule has 0 saturated heterocycles. The van der Waals surface area contributed by atoms with Crippen LogP contribution in [0.25, 0.3) is 0 Å². The van der Waals surface area contributed by atoms with E-state index in [0.29, 0.717) is 0 Å². The van der Waals surface area contributed by atoms with Crippen LogP contribution in [0.3, 0.4) is 0 Å². The normalized spacial score (nSPS) is 0. The standard InChI is InChI=1S/GeH4.Ir.Sb.H2Te.3H/h1H4;;;1H2;;;. The molecule has 0 aromatic rings. The molecule has 0 bridgehead atoms. The molecule has 0 aliphatic heterocycles. The van der Waals surface area contributed by atoms with E-state index >= 15 is 0 Å². The van der Waals surface area contributed by atoms with E-state index in [1.807, 2.05) is 0 Å². The Kier molecular flexibility index (Phi) is 124. The van der Waals surface area contributed by atoms with Crippen LogP contribution in [0.15, 0.2) is 0 Å². The van der Waals surface area contributed by atoms with Crippen LogP contribution in [-0.2, 0) is 20.1 Å². The number of hydrogen-bond acceptors (Lipinski definition) is 0. The first-order chi connectivity index (χ1) is 0. The van der Waals surface area contributed by atoms with Gasteiger partial charge in [0.1, 0.15) is 0 Å². The average Bonchev–Trinajstić information content (AvgIpc) is 0. The van der Waals surface area contributed by atoms with Crippen molar-refractivity contribution in [2.75, 3.05) is 0 Å². The number of hydrogen-bond donors (Lipinski definition) is 0. The zero-order valence-corrected chi connectivity index (χ0v) is 10.8. The van der Waals surface area contributed by atoms with Crippen LogP contribution in [0.1, 0.15) is 0 Å². The zero-order valence-electron chi connectivity index (χ0n) is 1.54. The van der Waals surface area contributed by atoms with Crippen LogP contribution >= 0.6 is 0 Å². The van der Waals surface area contributed by atoms with Gasteiger partial charge in [-0.25, -0.2) is 0 Å². The summed E-state index contributed by atoms with van der Waals surface area (Å²) >= 11 is 0. The van der Waals surface area contributed by atoms with E-state index in [0.717, 1.165) is 0 Å². The van der Waals surface area contributed by atoms with Crippen molar-refractivity contribution in [3.8, 4) is 0 Å². The van der Waals surface area contributed by atoms with Crippen LogP contribution in [0.2, 0.25) is 0 Å². The third-order valence-electron chi connectivity index (χ3n) is 0. The molecule has 0 N–H and O–H groups in total. The van der Waals surface area contributed by atoms with E-state index < -0.39 is 0 Å². The molecule has 0 rings (SSSR count). The summed E-state index contributed by atoms with van der Waals surface area (Å²) in [5.74, 6) is 0. The first-order valence-corrected chi connectivity index (χ1v) is 0. The van der Waals surface area contributed by atoms with Gasteiger partial charge in [0.2, 0.25) is 0 Å². The van der Waals surface area contributed by atoms with Gasteiger partial charge < -0.3 is 0 Å². The third-order valence-corrected chi connectivity index (χ3v) is 0. The summed E-state index contributed by atoms with van der Waals surface area (Å²) in [6.07, 6.45) is 0. The molecule has 0 nitrogen and oxygen atoms in total. The van der Waals surface area contributed by atoms with Crippen molar-refractivity contribution in [1.82, 2.24) is 0 Å². The predicted octanol–water partition coefficient (Wildman–Crippen LogP) is -3.55. The maximum absolute atomic E-state index is 0. The van der Waals surface area contributed by atoms with Gasteiger partial charge in [0.25, 0.3) is 0 Å². The van der Waals surface area contributed by atoms with E-state index in [1.54, 1.807) is 0 Å². The van der Waals surface area contributed by atoms with Crippen molar-refractivity contribution in [3.63, 3.8) is 0 Å². The van der Waals surface area contributed by atoms with E-state index in [2.05, 4.69) is 0 Å². The van der Waals surface area contributed by atoms with Gasteiger partial charge in [-0.15, -0.1) is 0 Å². The molecular formula is H9GeIrSbTe. The molecule has 0 aromatic carbocycles. The monoisotopic (exact) mass is 527 g/mol. The van der Waals surface area contributed by atoms with E-state index in [1.165, 1.54) is 0 Å². The van der Waals surface area contributed by atoms with Gasteiger partial charge in [-0.05, 0) is 0 Å². The van der Waals surface area contributed by atoms with Gasteiger partial charge in [0.05, 0.1) is 0 Å². The Bertz CT molecular complexity index is 8.00. The summed E-state index contributed by atoms with van der Waals surface area (Å²) in [4.78, 5) is 0. The summed E-state index contributed by atoms with van der Waals surface area (Å²) in [7, 11) is 0. The first kappa shape index (κ1) is 29.2. The molecule has 0 spiro atoms. The topological polar surface area (TPSA) is 0 Å². The molecule has 1 radical (unpaired) electrons. The summed E-state index contributed by atoms with van der Waals surface area (Å²) in [6, 6.07) is 0. The van der Waals surface area contributed by atoms with E-state index in [9.17, 15) is 0 Å². The molecule has 0 aliphatic carbocycles. The van der Waals surface area contributed by atoms with E-state index in [-0.39, 0.29) is 85.8 Å². The molecule has 0 heterocycles. The van der Waals surface area contributed by atoms with Crippen LogP contribution < -0.4 is 0 Å². The second-order valence-corrected chi connectivity index (χ2v) is 0. The molecule has 0 atom stereocenters. The van der Waals surface area contributed by atoms with Crippen LogP contribution in [0.5, 0.6) is 0 Å². The van der Waals surface area contributed by atoms with Crippen molar-refractivity contribution in [2.24, 2.45) is 0 Å². The van der Waals surface area contributed by atoms with Crippen LogP contribution in [0, 0.1) is 0 Å². The molecular weight excluding hydrogens is 514 g/mol. The Morgan fingerprint density at radius 2 is 1.00 bits per heavy atom. The Morgan fingerprint density at radius 3 is 1.00 bits per heavy atom. The first-order valence-electron chi connectivity index (χ1n) is 0. The predicted molar refractivity (Wildman–Crippen MR) is 29.8 cm³/mol. The fraction of sp³-hybridized carbons (Fsp3) is 0. The minimum absolute atomic E-state index is 0. The Morgan fingerprint density at radius 1 is 1.00 bits per heavy atom. The van der Waals surface area contributed by atoms with E-state index in [4.69, 9.17) is 0 Å². The van der Waals surface area contributed by atoms with Crippen molar-refractivity contribution >= 4 is 65.7 Å². The van der Waals surface area contributed by atoms with Crippen LogP contribution in [-0.4, -0.2) is 65.7 Å². The molecule has 0 unspecified atom stereocenters. The quantitative estimate of drug-likeness (QED) is 0.289. The van der Waals surface area contributed by atoms with Gasteiger partial charge in [0.15, 0.2) is 0 Å². The van der Waals surface area contributed by atoms with Crippen molar-refractivity contribution in [1.29, 1.82) is 0 Å². The van der Waals surface area contributed by atoms with Gasteiger partial charge in [-0.3, -0.25) is 0 Å². The molecule has 0 amide bonds. The summed E-state index contributed by atoms with van der Waals surface area (Å²) in [6.45, 7) is 0. The van der Waals surface area contributed by atoms with Crippen molar-refractivity contribution in [3.05, 3.63) is 0 Å². The zero-order chi connectivity index (χ0) is 0. The fourth-order valence-electron chi connectivity index (χ4n) is 0.